The van der Waals surface area contributed by atoms with Crippen LogP contribution >= 0.6 is 0 Å². The van der Waals surface area contributed by atoms with Gasteiger partial charge in [0.1, 0.15) is 6.07 Å². The summed E-state index contributed by atoms with van der Waals surface area (Å²) in [6, 6.07) is 63.8. The third kappa shape index (κ3) is 8.36. The molecule has 0 N–H and O–H groups in total. The van der Waals surface area contributed by atoms with Gasteiger partial charge < -0.3 is 9.13 Å². The predicted octanol–water partition coefficient (Wildman–Crippen LogP) is 19.4. The third-order valence-corrected chi connectivity index (χ3v) is 14.6. The summed E-state index contributed by atoms with van der Waals surface area (Å²) in [6.07, 6.45) is -10.3. The lowest BCUT2D eigenvalue weighted by atomic mass is 9.93. The molecule has 0 radical (unpaired) electrons. The van der Waals surface area contributed by atoms with E-state index < -0.39 is 29.0 Å². The van der Waals surface area contributed by atoms with E-state index in [1.807, 2.05) is 158 Å². The highest BCUT2D eigenvalue weighted by Crippen LogP contribution is 2.47. The Hall–Kier alpha value is -9.13. The van der Waals surface area contributed by atoms with Gasteiger partial charge in [0.25, 0.3) is 0 Å². The molecular weight excluding hydrogens is 961 g/mol. The predicted molar refractivity (Wildman–Crippen MR) is 296 cm³/mol. The van der Waals surface area contributed by atoms with Crippen LogP contribution in [0.3, 0.4) is 0 Å². The van der Waals surface area contributed by atoms with Gasteiger partial charge in [-0.3, -0.25) is 0 Å². The van der Waals surface area contributed by atoms with E-state index in [0.717, 1.165) is 94.4 Å². The second-order valence-corrected chi connectivity index (χ2v) is 19.8. The molecule has 0 amide bonds. The van der Waals surface area contributed by atoms with E-state index in [4.69, 9.17) is 0 Å². The zero-order valence-electron chi connectivity index (χ0n) is 41.7. The van der Waals surface area contributed by atoms with Gasteiger partial charge in [-0.25, -0.2) is 0 Å². The molecule has 0 spiro atoms. The molecule has 0 bridgehead atoms. The van der Waals surface area contributed by atoms with Crippen molar-refractivity contribution in [1.82, 2.24) is 9.13 Å². The van der Waals surface area contributed by atoms with E-state index in [2.05, 4.69) is 54.6 Å². The van der Waals surface area contributed by atoms with Crippen LogP contribution in [-0.4, -0.2) is 9.13 Å². The summed E-state index contributed by atoms with van der Waals surface area (Å²) < 4.78 is 94.0. The molecule has 10 aromatic carbocycles. The van der Waals surface area contributed by atoms with Crippen molar-refractivity contribution in [3.63, 3.8) is 0 Å². The summed E-state index contributed by atoms with van der Waals surface area (Å²) in [5, 5.41) is 14.7. The molecule has 9 heteroatoms. The largest absolute Gasteiger partial charge is 0.417 e. The van der Waals surface area contributed by atoms with E-state index in [9.17, 15) is 18.4 Å². The number of halogens is 6. The first-order valence-corrected chi connectivity index (χ1v) is 24.8. The molecule has 0 atom stereocenters. The maximum absolute atomic E-state index is 15.7. The van der Waals surface area contributed by atoms with Crippen LogP contribution in [0.25, 0.3) is 111 Å². The molecule has 370 valence electrons. The van der Waals surface area contributed by atoms with E-state index in [0.29, 0.717) is 28.1 Å². The monoisotopic (exact) mass is 1010 g/mol. The summed E-state index contributed by atoms with van der Waals surface area (Å²) in [4.78, 5) is 0. The Kier molecular flexibility index (Phi) is 11.4. The first-order chi connectivity index (χ1) is 36.5. The second kappa shape index (κ2) is 18.1. The molecule has 3 nitrogen and oxygen atoms in total. The number of aryl methyl sites for hydroxylation is 4. The number of fused-ring (bicyclic) bond motifs is 6. The van der Waals surface area contributed by atoms with Crippen molar-refractivity contribution >= 4 is 43.6 Å². The molecule has 0 fully saturated rings. The number of alkyl halides is 6. The fourth-order valence-electron chi connectivity index (χ4n) is 11.0. The number of hydrogen-bond donors (Lipinski definition) is 0. The average Bonchev–Trinajstić information content (AvgIpc) is 3.92. The molecule has 0 aliphatic carbocycles. The first kappa shape index (κ1) is 47.8. The third-order valence-electron chi connectivity index (χ3n) is 14.6. The van der Waals surface area contributed by atoms with Gasteiger partial charge in [0.2, 0.25) is 0 Å². The van der Waals surface area contributed by atoms with Crippen molar-refractivity contribution in [3.05, 3.63) is 239 Å². The van der Waals surface area contributed by atoms with E-state index in [1.165, 1.54) is 0 Å². The minimum atomic E-state index is -5.22. The zero-order valence-corrected chi connectivity index (χ0v) is 41.7. The number of rotatable bonds is 7. The minimum Gasteiger partial charge on any atom is -0.309 e. The smallest absolute Gasteiger partial charge is 0.309 e. The Morgan fingerprint density at radius 2 is 0.697 bits per heavy atom. The van der Waals surface area contributed by atoms with E-state index in [1.54, 1.807) is 12.1 Å². The van der Waals surface area contributed by atoms with Crippen molar-refractivity contribution in [2.45, 2.75) is 40.0 Å². The van der Waals surface area contributed by atoms with Crippen LogP contribution in [0.2, 0.25) is 0 Å². The number of aromatic nitrogens is 2. The standard InChI is InChI=1S/C67H45F6N3/c1-39-9-5-13-43(27-39)47-17-23-60-54(31-47)55-32-48(44-14-6-10-40(2)28-44)18-24-61(55)75(60)64-37-58(53-22-21-52(66(68,69)70)36-59(53)67(71,72)73)65(35-51(64)38-74)76-62-25-19-49(45-15-7-11-41(3)29-45)33-56(62)57-34-50(20-26-63(57)76)46-16-8-12-42(4)30-46/h5-37H,1-4H3. The van der Waals surface area contributed by atoms with Crippen molar-refractivity contribution < 1.29 is 26.3 Å². The molecule has 76 heavy (non-hydrogen) atoms. The lowest BCUT2D eigenvalue weighted by Gasteiger charge is -2.22. The Morgan fingerprint density at radius 3 is 1.03 bits per heavy atom. The topological polar surface area (TPSA) is 33.6 Å². The Bertz CT molecular complexity index is 4180. The van der Waals surface area contributed by atoms with Crippen LogP contribution in [0.5, 0.6) is 0 Å². The van der Waals surface area contributed by atoms with Gasteiger partial charge in [0.15, 0.2) is 0 Å². The quantitative estimate of drug-likeness (QED) is 0.147. The van der Waals surface area contributed by atoms with Crippen molar-refractivity contribution in [2.75, 3.05) is 0 Å². The van der Waals surface area contributed by atoms with Crippen LogP contribution < -0.4 is 0 Å². The molecule has 2 heterocycles. The fourth-order valence-corrected chi connectivity index (χ4v) is 11.0. The van der Waals surface area contributed by atoms with Crippen LogP contribution in [0.1, 0.15) is 38.9 Å². The summed E-state index contributed by atoms with van der Waals surface area (Å²) in [7, 11) is 0. The summed E-state index contributed by atoms with van der Waals surface area (Å²) >= 11 is 0. The Labute approximate surface area is 434 Å². The minimum absolute atomic E-state index is 0.0258. The molecule has 12 rings (SSSR count). The van der Waals surface area contributed by atoms with Gasteiger partial charge in [0, 0.05) is 27.1 Å². The molecule has 0 unspecified atom stereocenters. The second-order valence-electron chi connectivity index (χ2n) is 19.8. The average molecular weight is 1010 g/mol. The molecule has 0 saturated carbocycles. The molecule has 12 aromatic rings. The van der Waals surface area contributed by atoms with Gasteiger partial charge in [0.05, 0.1) is 50.1 Å². The summed E-state index contributed by atoms with van der Waals surface area (Å²) in [6.45, 7) is 8.08. The van der Waals surface area contributed by atoms with Crippen LogP contribution in [-0.2, 0) is 12.4 Å². The van der Waals surface area contributed by atoms with Gasteiger partial charge >= 0.3 is 12.4 Å². The highest BCUT2D eigenvalue weighted by molar-refractivity contribution is 6.14. The lowest BCUT2D eigenvalue weighted by Crippen LogP contribution is -2.13. The number of nitriles is 1. The van der Waals surface area contributed by atoms with Crippen LogP contribution in [0, 0.1) is 39.0 Å². The maximum atomic E-state index is 15.7. The fraction of sp³-hybridized carbons (Fsp3) is 0.0896. The Morgan fingerprint density at radius 1 is 0.342 bits per heavy atom. The molecule has 0 saturated heterocycles. The highest BCUT2D eigenvalue weighted by atomic mass is 19.4. The van der Waals surface area contributed by atoms with Gasteiger partial charge in [-0.2, -0.15) is 31.6 Å². The zero-order chi connectivity index (χ0) is 52.8. The molecule has 0 aliphatic heterocycles. The number of hydrogen-bond acceptors (Lipinski definition) is 1. The van der Waals surface area contributed by atoms with Crippen molar-refractivity contribution in [3.8, 4) is 73.1 Å². The van der Waals surface area contributed by atoms with E-state index >= 15 is 13.2 Å². The van der Waals surface area contributed by atoms with Crippen molar-refractivity contribution in [2.24, 2.45) is 0 Å². The van der Waals surface area contributed by atoms with Gasteiger partial charge in [-0.1, -0.05) is 150 Å². The SMILES string of the molecule is Cc1cccc(-c2ccc3c(c2)c2cc(-c4cccc(C)c4)ccc2n3-c2cc(-c3ccc(C(F)(F)F)cc3C(F)(F)F)c(-n3c4ccc(-c5cccc(C)c5)cc4c4cc(-c5cccc(C)c5)ccc43)cc2C#N)c1. The van der Waals surface area contributed by atoms with Gasteiger partial charge in [-0.15, -0.1) is 0 Å². The van der Waals surface area contributed by atoms with E-state index in [-0.39, 0.29) is 28.6 Å². The maximum Gasteiger partial charge on any atom is 0.417 e. The van der Waals surface area contributed by atoms with Crippen LogP contribution in [0.4, 0.5) is 26.3 Å². The Balaban J connectivity index is 1.19. The summed E-state index contributed by atoms with van der Waals surface area (Å²) in [5.74, 6) is 0. The lowest BCUT2D eigenvalue weighted by molar-refractivity contribution is -0.142. The van der Waals surface area contributed by atoms with Crippen LogP contribution in [0.15, 0.2) is 200 Å². The molecular formula is C67H45F6N3. The first-order valence-electron chi connectivity index (χ1n) is 24.8. The summed E-state index contributed by atoms with van der Waals surface area (Å²) in [5.41, 5.74) is 11.7. The number of nitrogens with zero attached hydrogens (tertiary/aromatic N) is 3. The van der Waals surface area contributed by atoms with Gasteiger partial charge in [-0.05, 0) is 151 Å². The normalized spacial score (nSPS) is 12.1. The van der Waals surface area contributed by atoms with Crippen molar-refractivity contribution in [1.29, 1.82) is 5.26 Å². The number of benzene rings is 10. The molecule has 2 aromatic heterocycles. The highest BCUT2D eigenvalue weighted by Gasteiger charge is 2.39. The molecule has 0 aliphatic rings.